The summed E-state index contributed by atoms with van der Waals surface area (Å²) in [6.45, 7) is 1.91. The van der Waals surface area contributed by atoms with Gasteiger partial charge in [0, 0.05) is 0 Å². The largest absolute Gasteiger partial charge is 0.265 e. The van der Waals surface area contributed by atoms with Crippen molar-refractivity contribution in [2.75, 3.05) is 4.31 Å². The minimum atomic E-state index is -3.81. The lowest BCUT2D eigenvalue weighted by Crippen LogP contribution is -2.36. The van der Waals surface area contributed by atoms with Crippen LogP contribution in [0.15, 0.2) is 83.8 Å². The first kappa shape index (κ1) is 17.5. The molecule has 3 nitrogen and oxygen atoms in total. The van der Waals surface area contributed by atoms with E-state index in [-0.39, 0.29) is 10.7 Å². The van der Waals surface area contributed by atoms with Crippen LogP contribution in [-0.4, -0.2) is 8.42 Å². The lowest BCUT2D eigenvalue weighted by molar-refractivity contribution is 0.586. The number of aryl methyl sites for hydroxylation is 1. The molecule has 0 spiro atoms. The van der Waals surface area contributed by atoms with Crippen LogP contribution in [0.1, 0.15) is 22.7 Å². The molecule has 4 rings (SSSR count). The van der Waals surface area contributed by atoms with Crippen LogP contribution in [0.2, 0.25) is 0 Å². The highest BCUT2D eigenvalue weighted by molar-refractivity contribution is 7.92. The molecular formula is C22H18FNO2S. The van der Waals surface area contributed by atoms with Gasteiger partial charge >= 0.3 is 0 Å². The Labute approximate surface area is 158 Å². The Hall–Kier alpha value is -2.92. The lowest BCUT2D eigenvalue weighted by Gasteiger charge is -2.35. The van der Waals surface area contributed by atoms with E-state index < -0.39 is 16.1 Å². The molecule has 3 aromatic rings. The first-order valence-electron chi connectivity index (χ1n) is 8.60. The van der Waals surface area contributed by atoms with E-state index in [2.05, 4.69) is 0 Å². The van der Waals surface area contributed by atoms with E-state index in [9.17, 15) is 12.8 Å². The zero-order chi connectivity index (χ0) is 19.0. The van der Waals surface area contributed by atoms with Crippen LogP contribution in [-0.2, 0) is 10.0 Å². The van der Waals surface area contributed by atoms with E-state index in [1.807, 2.05) is 37.3 Å². The van der Waals surface area contributed by atoms with Crippen molar-refractivity contribution in [1.29, 1.82) is 0 Å². The molecule has 0 bridgehead atoms. The van der Waals surface area contributed by atoms with Gasteiger partial charge in [-0.25, -0.2) is 12.8 Å². The maximum atomic E-state index is 13.5. The van der Waals surface area contributed by atoms with Crippen LogP contribution in [0.5, 0.6) is 0 Å². The van der Waals surface area contributed by atoms with Gasteiger partial charge in [-0.05, 0) is 48.4 Å². The third-order valence-electron chi connectivity index (χ3n) is 4.67. The Morgan fingerprint density at radius 3 is 2.26 bits per heavy atom. The van der Waals surface area contributed by atoms with Gasteiger partial charge in [0.25, 0.3) is 10.0 Å². The highest BCUT2D eigenvalue weighted by Crippen LogP contribution is 2.40. The van der Waals surface area contributed by atoms with Gasteiger partial charge in [-0.3, -0.25) is 4.31 Å². The number of nitrogens with zero attached hydrogens (tertiary/aromatic N) is 1. The molecule has 27 heavy (non-hydrogen) atoms. The van der Waals surface area contributed by atoms with Gasteiger partial charge in [0.15, 0.2) is 0 Å². The Balaban J connectivity index is 1.90. The van der Waals surface area contributed by atoms with Crippen molar-refractivity contribution in [2.45, 2.75) is 17.9 Å². The number of benzene rings is 3. The number of sulfonamides is 1. The maximum Gasteiger partial charge on any atom is 0.265 e. The molecule has 0 aliphatic carbocycles. The molecule has 1 unspecified atom stereocenters. The summed E-state index contributed by atoms with van der Waals surface area (Å²) >= 11 is 0. The molecule has 0 fully saturated rings. The van der Waals surface area contributed by atoms with Crippen molar-refractivity contribution in [1.82, 2.24) is 0 Å². The fraction of sp³-hybridized carbons (Fsp3) is 0.0909. The minimum Gasteiger partial charge on any atom is -0.254 e. The molecule has 0 N–H and O–H groups in total. The predicted molar refractivity (Wildman–Crippen MR) is 105 cm³/mol. The molecule has 1 aliphatic rings. The fourth-order valence-corrected chi connectivity index (χ4v) is 4.88. The number of rotatable bonds is 3. The van der Waals surface area contributed by atoms with Gasteiger partial charge in [-0.15, -0.1) is 0 Å². The highest BCUT2D eigenvalue weighted by atomic mass is 32.2. The number of halogens is 1. The normalized spacial score (nSPS) is 16.2. The average molecular weight is 379 g/mol. The molecular weight excluding hydrogens is 361 g/mol. The fourth-order valence-electron chi connectivity index (χ4n) is 3.26. The van der Waals surface area contributed by atoms with Gasteiger partial charge in [-0.1, -0.05) is 60.2 Å². The molecule has 1 heterocycles. The topological polar surface area (TPSA) is 37.4 Å². The van der Waals surface area contributed by atoms with Crippen molar-refractivity contribution < 1.29 is 12.8 Å². The molecule has 3 aromatic carbocycles. The zero-order valence-corrected chi connectivity index (χ0v) is 15.5. The van der Waals surface area contributed by atoms with Crippen molar-refractivity contribution in [3.8, 4) is 0 Å². The Kier molecular flexibility index (Phi) is 4.32. The van der Waals surface area contributed by atoms with Crippen LogP contribution in [0.4, 0.5) is 10.1 Å². The third-order valence-corrected chi connectivity index (χ3v) is 6.48. The average Bonchev–Trinajstić information content (AvgIpc) is 2.68. The number of anilines is 1. The van der Waals surface area contributed by atoms with Gasteiger partial charge in [0.1, 0.15) is 5.82 Å². The summed E-state index contributed by atoms with van der Waals surface area (Å²) < 4.78 is 41.9. The molecule has 136 valence electrons. The predicted octanol–water partition coefficient (Wildman–Crippen LogP) is 5.10. The molecule has 0 amide bonds. The summed E-state index contributed by atoms with van der Waals surface area (Å²) in [5, 5.41) is 0. The Morgan fingerprint density at radius 2 is 1.56 bits per heavy atom. The smallest absolute Gasteiger partial charge is 0.254 e. The summed E-state index contributed by atoms with van der Waals surface area (Å²) in [5.74, 6) is -0.355. The molecule has 5 heteroatoms. The summed E-state index contributed by atoms with van der Waals surface area (Å²) in [4.78, 5) is 0.227. The minimum absolute atomic E-state index is 0.227. The number of fused-ring (bicyclic) bond motifs is 1. The van der Waals surface area contributed by atoms with E-state index in [4.69, 9.17) is 0 Å². The van der Waals surface area contributed by atoms with Gasteiger partial charge in [0.2, 0.25) is 0 Å². The Bertz CT molecular complexity index is 1100. The van der Waals surface area contributed by atoms with Crippen molar-refractivity contribution in [3.63, 3.8) is 0 Å². The van der Waals surface area contributed by atoms with Crippen LogP contribution < -0.4 is 4.31 Å². The number of hydrogen-bond donors (Lipinski definition) is 0. The molecule has 1 atom stereocenters. The van der Waals surface area contributed by atoms with Crippen LogP contribution >= 0.6 is 0 Å². The zero-order valence-electron chi connectivity index (χ0n) is 14.7. The lowest BCUT2D eigenvalue weighted by atomic mass is 10.00. The van der Waals surface area contributed by atoms with E-state index >= 15 is 0 Å². The summed E-state index contributed by atoms with van der Waals surface area (Å²) in [5.41, 5.74) is 3.13. The highest BCUT2D eigenvalue weighted by Gasteiger charge is 2.34. The Morgan fingerprint density at radius 1 is 0.889 bits per heavy atom. The maximum absolute atomic E-state index is 13.5. The standard InChI is InChI=1S/C22H18FNO2S/c1-16-6-13-20(14-7-16)27(25,26)24-21-5-3-2-4-17(21)10-15-22(24)18-8-11-19(23)12-9-18/h2-15,22H,1H3. The molecule has 0 saturated carbocycles. The van der Waals surface area contributed by atoms with Gasteiger partial charge in [0.05, 0.1) is 16.6 Å². The van der Waals surface area contributed by atoms with Gasteiger partial charge in [-0.2, -0.15) is 0 Å². The first-order chi connectivity index (χ1) is 13.0. The van der Waals surface area contributed by atoms with Crippen molar-refractivity contribution in [3.05, 3.63) is 101 Å². The van der Waals surface area contributed by atoms with E-state index in [1.165, 1.54) is 16.4 Å². The van der Waals surface area contributed by atoms with Crippen LogP contribution in [0, 0.1) is 12.7 Å². The summed E-state index contributed by atoms with van der Waals surface area (Å²) in [6, 6.07) is 19.6. The van der Waals surface area contributed by atoms with Gasteiger partial charge < -0.3 is 0 Å². The third kappa shape index (κ3) is 3.15. The van der Waals surface area contributed by atoms with Crippen molar-refractivity contribution in [2.24, 2.45) is 0 Å². The van der Waals surface area contributed by atoms with E-state index in [0.29, 0.717) is 11.3 Å². The number of hydrogen-bond acceptors (Lipinski definition) is 2. The van der Waals surface area contributed by atoms with Crippen LogP contribution in [0.25, 0.3) is 6.08 Å². The van der Waals surface area contributed by atoms with E-state index in [0.717, 1.165) is 11.1 Å². The second-order valence-electron chi connectivity index (χ2n) is 6.53. The van der Waals surface area contributed by atoms with E-state index in [1.54, 1.807) is 42.5 Å². The second kappa shape index (κ2) is 6.67. The monoisotopic (exact) mass is 379 g/mol. The van der Waals surface area contributed by atoms with Crippen molar-refractivity contribution >= 4 is 21.8 Å². The summed E-state index contributed by atoms with van der Waals surface area (Å²) in [7, 11) is -3.81. The SMILES string of the molecule is Cc1ccc(S(=O)(=O)N2c3ccccc3C=CC2c2ccc(F)cc2)cc1. The summed E-state index contributed by atoms with van der Waals surface area (Å²) in [6.07, 6.45) is 3.74. The van der Waals surface area contributed by atoms with Crippen LogP contribution in [0.3, 0.4) is 0 Å². The molecule has 0 radical (unpaired) electrons. The molecule has 0 aromatic heterocycles. The molecule has 1 aliphatic heterocycles. The second-order valence-corrected chi connectivity index (χ2v) is 8.34. The first-order valence-corrected chi connectivity index (χ1v) is 10.0. The quantitative estimate of drug-likeness (QED) is 0.635. The number of para-hydroxylation sites is 1. The molecule has 0 saturated heterocycles.